The van der Waals surface area contributed by atoms with Crippen molar-refractivity contribution in [2.45, 2.75) is 33.3 Å². The molecular formula is C16H26N2O2. The van der Waals surface area contributed by atoms with E-state index in [2.05, 4.69) is 19.2 Å². The third-order valence-corrected chi connectivity index (χ3v) is 3.18. The third-order valence-electron chi connectivity index (χ3n) is 3.18. The quantitative estimate of drug-likeness (QED) is 0.805. The molecule has 0 spiro atoms. The van der Waals surface area contributed by atoms with Crippen molar-refractivity contribution in [1.82, 2.24) is 5.32 Å². The number of nitrogens with one attached hydrogen (secondary N) is 1. The molecule has 1 aromatic carbocycles. The molecule has 0 fully saturated rings. The van der Waals surface area contributed by atoms with Crippen molar-refractivity contribution in [1.29, 1.82) is 0 Å². The number of rotatable bonds is 7. The number of amides is 1. The first kappa shape index (κ1) is 16.5. The van der Waals surface area contributed by atoms with Gasteiger partial charge in [0.25, 0.3) is 0 Å². The topological polar surface area (TPSA) is 52.6 Å². The number of para-hydroxylation sites is 1. The highest BCUT2D eigenvalue weighted by molar-refractivity contribution is 5.81. The normalized spacial score (nSPS) is 12.3. The lowest BCUT2D eigenvalue weighted by molar-refractivity contribution is -0.119. The zero-order chi connectivity index (χ0) is 15.1. The predicted molar refractivity (Wildman–Crippen MR) is 82.8 cm³/mol. The van der Waals surface area contributed by atoms with E-state index in [-0.39, 0.29) is 5.91 Å². The van der Waals surface area contributed by atoms with Crippen LogP contribution in [0.4, 0.5) is 5.69 Å². The number of hydrogen-bond donors (Lipinski definition) is 2. The zero-order valence-corrected chi connectivity index (χ0v) is 12.9. The van der Waals surface area contributed by atoms with E-state index in [1.54, 1.807) is 0 Å². The number of carbonyl (C=O) groups is 1. The fourth-order valence-electron chi connectivity index (χ4n) is 2.01. The highest BCUT2D eigenvalue weighted by Gasteiger charge is 2.15. The highest BCUT2D eigenvalue weighted by Crippen LogP contribution is 2.27. The monoisotopic (exact) mass is 278 g/mol. The molecule has 4 nitrogen and oxygen atoms in total. The minimum Gasteiger partial charge on any atom is -0.388 e. The summed E-state index contributed by atoms with van der Waals surface area (Å²) in [6.07, 6.45) is 0.164. The van der Waals surface area contributed by atoms with E-state index < -0.39 is 6.10 Å². The summed E-state index contributed by atoms with van der Waals surface area (Å²) in [4.78, 5) is 13.7. The largest absolute Gasteiger partial charge is 0.388 e. The Kier molecular flexibility index (Phi) is 6.52. The molecule has 0 aliphatic heterocycles. The Morgan fingerprint density at radius 3 is 2.60 bits per heavy atom. The second kappa shape index (κ2) is 7.90. The SMILES string of the molecule is CCC(O)c1ccccc1N(C)CC(=O)NCC(C)C. The second-order valence-electron chi connectivity index (χ2n) is 5.54. The molecule has 1 aromatic rings. The summed E-state index contributed by atoms with van der Waals surface area (Å²) < 4.78 is 0. The van der Waals surface area contributed by atoms with Crippen LogP contribution in [0, 0.1) is 5.92 Å². The average molecular weight is 278 g/mol. The molecule has 0 aliphatic rings. The Labute approximate surface area is 121 Å². The van der Waals surface area contributed by atoms with Crippen molar-refractivity contribution in [2.75, 3.05) is 25.0 Å². The third kappa shape index (κ3) is 4.85. The van der Waals surface area contributed by atoms with Gasteiger partial charge in [-0.1, -0.05) is 39.0 Å². The van der Waals surface area contributed by atoms with Crippen LogP contribution in [0.25, 0.3) is 0 Å². The lowest BCUT2D eigenvalue weighted by atomic mass is 10.0. The first-order valence-electron chi connectivity index (χ1n) is 7.20. The van der Waals surface area contributed by atoms with Gasteiger partial charge in [-0.3, -0.25) is 4.79 Å². The maximum Gasteiger partial charge on any atom is 0.239 e. The van der Waals surface area contributed by atoms with E-state index in [0.29, 0.717) is 25.4 Å². The Hall–Kier alpha value is -1.55. The van der Waals surface area contributed by atoms with Crippen LogP contribution in [0.3, 0.4) is 0 Å². The van der Waals surface area contributed by atoms with Crippen LogP contribution < -0.4 is 10.2 Å². The molecular weight excluding hydrogens is 252 g/mol. The Morgan fingerprint density at radius 1 is 1.35 bits per heavy atom. The molecule has 2 N–H and O–H groups in total. The van der Waals surface area contributed by atoms with Crippen molar-refractivity contribution in [2.24, 2.45) is 5.92 Å². The summed E-state index contributed by atoms with van der Waals surface area (Å²) in [6, 6.07) is 7.67. The van der Waals surface area contributed by atoms with Gasteiger partial charge in [0.05, 0.1) is 12.6 Å². The summed E-state index contributed by atoms with van der Waals surface area (Å²) in [5.74, 6) is 0.445. The summed E-state index contributed by atoms with van der Waals surface area (Å²) in [5, 5.41) is 12.9. The van der Waals surface area contributed by atoms with E-state index >= 15 is 0 Å². The van der Waals surface area contributed by atoms with Crippen molar-refractivity contribution in [3.63, 3.8) is 0 Å². The van der Waals surface area contributed by atoms with Crippen LogP contribution in [-0.4, -0.2) is 31.2 Å². The van der Waals surface area contributed by atoms with Gasteiger partial charge in [-0.05, 0) is 18.4 Å². The molecule has 1 rings (SSSR count). The summed E-state index contributed by atoms with van der Waals surface area (Å²) in [5.41, 5.74) is 1.77. The number of anilines is 1. The van der Waals surface area contributed by atoms with E-state index in [1.807, 2.05) is 43.1 Å². The zero-order valence-electron chi connectivity index (χ0n) is 12.9. The number of nitrogens with zero attached hydrogens (tertiary/aromatic N) is 1. The van der Waals surface area contributed by atoms with Crippen LogP contribution in [-0.2, 0) is 4.79 Å². The average Bonchev–Trinajstić information content (AvgIpc) is 2.44. The van der Waals surface area contributed by atoms with Crippen LogP contribution >= 0.6 is 0 Å². The van der Waals surface area contributed by atoms with Crippen LogP contribution in [0.15, 0.2) is 24.3 Å². The van der Waals surface area contributed by atoms with Gasteiger partial charge < -0.3 is 15.3 Å². The number of benzene rings is 1. The first-order valence-corrected chi connectivity index (χ1v) is 7.20. The smallest absolute Gasteiger partial charge is 0.239 e. The number of likely N-dealkylation sites (N-methyl/N-ethyl adjacent to an activating group) is 1. The minimum absolute atomic E-state index is 0.00184. The molecule has 0 aromatic heterocycles. The maximum atomic E-state index is 11.9. The standard InChI is InChI=1S/C16H26N2O2/c1-5-15(19)13-8-6-7-9-14(13)18(4)11-16(20)17-10-12(2)3/h6-9,12,15,19H,5,10-11H2,1-4H3,(H,17,20). The molecule has 1 amide bonds. The summed E-state index contributed by atoms with van der Waals surface area (Å²) in [6.45, 7) is 7.05. The van der Waals surface area contributed by atoms with Crippen LogP contribution in [0.1, 0.15) is 38.9 Å². The van der Waals surface area contributed by atoms with Gasteiger partial charge in [0.2, 0.25) is 5.91 Å². The maximum absolute atomic E-state index is 11.9. The Balaban J connectivity index is 2.72. The van der Waals surface area contributed by atoms with Gasteiger partial charge in [-0.2, -0.15) is 0 Å². The molecule has 4 heteroatoms. The second-order valence-corrected chi connectivity index (χ2v) is 5.54. The molecule has 1 atom stereocenters. The first-order chi connectivity index (χ1) is 9.45. The van der Waals surface area contributed by atoms with Crippen molar-refractivity contribution < 1.29 is 9.90 Å². The molecule has 0 bridgehead atoms. The van der Waals surface area contributed by atoms with E-state index in [1.165, 1.54) is 0 Å². The van der Waals surface area contributed by atoms with Crippen molar-refractivity contribution in [3.05, 3.63) is 29.8 Å². The molecule has 0 aliphatic carbocycles. The van der Waals surface area contributed by atoms with E-state index in [0.717, 1.165) is 11.3 Å². The molecule has 20 heavy (non-hydrogen) atoms. The van der Waals surface area contributed by atoms with Gasteiger partial charge >= 0.3 is 0 Å². The summed E-state index contributed by atoms with van der Waals surface area (Å²) in [7, 11) is 1.87. The van der Waals surface area contributed by atoms with Gasteiger partial charge in [-0.15, -0.1) is 0 Å². The van der Waals surface area contributed by atoms with Crippen LogP contribution in [0.2, 0.25) is 0 Å². The minimum atomic E-state index is -0.493. The molecule has 0 saturated heterocycles. The number of carbonyl (C=O) groups excluding carboxylic acids is 1. The van der Waals surface area contributed by atoms with Crippen molar-refractivity contribution >= 4 is 11.6 Å². The number of aliphatic hydroxyl groups excluding tert-OH is 1. The predicted octanol–water partition coefficient (Wildman–Crippen LogP) is 2.34. The van der Waals surface area contributed by atoms with Crippen molar-refractivity contribution in [3.8, 4) is 0 Å². The molecule has 1 unspecified atom stereocenters. The van der Waals surface area contributed by atoms with Crippen LogP contribution in [0.5, 0.6) is 0 Å². The number of hydrogen-bond acceptors (Lipinski definition) is 3. The molecule has 112 valence electrons. The lowest BCUT2D eigenvalue weighted by Gasteiger charge is -2.24. The Morgan fingerprint density at radius 2 is 2.00 bits per heavy atom. The van der Waals surface area contributed by atoms with Gasteiger partial charge in [-0.25, -0.2) is 0 Å². The fraction of sp³-hybridized carbons (Fsp3) is 0.562. The Bertz CT molecular complexity index is 432. The highest BCUT2D eigenvalue weighted by atomic mass is 16.3. The fourth-order valence-corrected chi connectivity index (χ4v) is 2.01. The van der Waals surface area contributed by atoms with E-state index in [4.69, 9.17) is 0 Å². The summed E-state index contributed by atoms with van der Waals surface area (Å²) >= 11 is 0. The number of aliphatic hydroxyl groups is 1. The molecule has 0 saturated carbocycles. The van der Waals surface area contributed by atoms with E-state index in [9.17, 15) is 9.90 Å². The van der Waals surface area contributed by atoms with Gasteiger partial charge in [0, 0.05) is 24.8 Å². The molecule has 0 radical (unpaired) electrons. The van der Waals surface area contributed by atoms with Gasteiger partial charge in [0.1, 0.15) is 0 Å². The van der Waals surface area contributed by atoms with Gasteiger partial charge in [0.15, 0.2) is 0 Å². The molecule has 0 heterocycles. The lowest BCUT2D eigenvalue weighted by Crippen LogP contribution is -2.37.